The molecule has 0 saturated carbocycles. The summed E-state index contributed by atoms with van der Waals surface area (Å²) in [4.78, 5) is 11.6. The lowest BCUT2D eigenvalue weighted by Gasteiger charge is -2.06. The fourth-order valence-electron chi connectivity index (χ4n) is 2.00. The second-order valence-corrected chi connectivity index (χ2v) is 5.88. The number of aromatic nitrogens is 3. The van der Waals surface area contributed by atoms with Crippen LogP contribution in [-0.4, -0.2) is 27.8 Å². The molecule has 0 bridgehead atoms. The average Bonchev–Trinajstić information content (AvgIpc) is 3.21. The molecular weight excluding hydrogens is 338 g/mol. The third-order valence-corrected chi connectivity index (χ3v) is 4.26. The lowest BCUT2D eigenvalue weighted by molar-refractivity contribution is 0.0598. The normalized spacial score (nSPS) is 10.7. The Hall–Kier alpha value is -2.25. The van der Waals surface area contributed by atoms with Crippen molar-refractivity contribution in [2.24, 2.45) is 0 Å². The van der Waals surface area contributed by atoms with Crippen LogP contribution in [-0.2, 0) is 10.5 Å². The van der Waals surface area contributed by atoms with Crippen molar-refractivity contribution in [3.8, 4) is 5.69 Å². The van der Waals surface area contributed by atoms with Crippen LogP contribution >= 0.6 is 23.4 Å². The standard InChI is InChI=1S/C15H12ClN3O3S/c1-21-14(20)12-5-6-22-13(12)8-23-15-18-17-9-19(15)11-4-2-3-10(16)7-11/h2-7,9H,8H2,1H3. The van der Waals surface area contributed by atoms with E-state index in [2.05, 4.69) is 10.2 Å². The highest BCUT2D eigenvalue weighted by Gasteiger charge is 2.16. The van der Waals surface area contributed by atoms with E-state index in [0.717, 1.165) is 5.69 Å². The minimum absolute atomic E-state index is 0.411. The average molecular weight is 350 g/mol. The third kappa shape index (κ3) is 3.40. The Kier molecular flexibility index (Phi) is 4.68. The molecule has 0 aliphatic carbocycles. The van der Waals surface area contributed by atoms with Crippen molar-refractivity contribution in [2.75, 3.05) is 7.11 Å². The smallest absolute Gasteiger partial charge is 0.341 e. The minimum Gasteiger partial charge on any atom is -0.468 e. The van der Waals surface area contributed by atoms with Gasteiger partial charge in [-0.15, -0.1) is 10.2 Å². The number of esters is 1. The first kappa shape index (κ1) is 15.6. The van der Waals surface area contributed by atoms with Crippen LogP contribution in [0.15, 0.2) is 52.5 Å². The first-order chi connectivity index (χ1) is 11.2. The zero-order valence-corrected chi connectivity index (χ0v) is 13.7. The van der Waals surface area contributed by atoms with Crippen LogP contribution in [0.2, 0.25) is 5.02 Å². The molecule has 3 rings (SSSR count). The Labute approximate surface area is 141 Å². The number of rotatable bonds is 5. The van der Waals surface area contributed by atoms with E-state index in [-0.39, 0.29) is 0 Å². The van der Waals surface area contributed by atoms with Crippen molar-refractivity contribution in [1.29, 1.82) is 0 Å². The molecule has 0 atom stereocenters. The zero-order valence-electron chi connectivity index (χ0n) is 12.1. The van der Waals surface area contributed by atoms with Crippen LogP contribution in [0.3, 0.4) is 0 Å². The summed E-state index contributed by atoms with van der Waals surface area (Å²) in [5.74, 6) is 0.532. The molecule has 2 aromatic heterocycles. The van der Waals surface area contributed by atoms with Gasteiger partial charge >= 0.3 is 5.97 Å². The predicted molar refractivity (Wildman–Crippen MR) is 86.0 cm³/mol. The van der Waals surface area contributed by atoms with E-state index in [4.69, 9.17) is 20.8 Å². The maximum atomic E-state index is 11.6. The van der Waals surface area contributed by atoms with Crippen LogP contribution in [0, 0.1) is 0 Å². The largest absolute Gasteiger partial charge is 0.468 e. The zero-order chi connectivity index (χ0) is 16.2. The van der Waals surface area contributed by atoms with E-state index in [1.54, 1.807) is 18.5 Å². The summed E-state index contributed by atoms with van der Waals surface area (Å²) >= 11 is 7.42. The molecule has 0 unspecified atom stereocenters. The number of methoxy groups -OCH3 is 1. The maximum Gasteiger partial charge on any atom is 0.341 e. The molecule has 0 spiro atoms. The van der Waals surface area contributed by atoms with Crippen molar-refractivity contribution < 1.29 is 13.9 Å². The van der Waals surface area contributed by atoms with Crippen LogP contribution in [0.25, 0.3) is 5.69 Å². The van der Waals surface area contributed by atoms with E-state index in [0.29, 0.717) is 27.3 Å². The third-order valence-electron chi connectivity index (χ3n) is 3.09. The molecule has 0 aliphatic heterocycles. The first-order valence-electron chi connectivity index (χ1n) is 6.62. The fraction of sp³-hybridized carbons (Fsp3) is 0.133. The van der Waals surface area contributed by atoms with Gasteiger partial charge < -0.3 is 9.15 Å². The monoisotopic (exact) mass is 349 g/mol. The first-order valence-corrected chi connectivity index (χ1v) is 7.99. The number of halogens is 1. The molecule has 23 heavy (non-hydrogen) atoms. The van der Waals surface area contributed by atoms with Crippen molar-refractivity contribution in [1.82, 2.24) is 14.8 Å². The molecule has 118 valence electrons. The maximum absolute atomic E-state index is 11.6. The van der Waals surface area contributed by atoms with Crippen molar-refractivity contribution >= 4 is 29.3 Å². The molecule has 8 heteroatoms. The molecule has 0 saturated heterocycles. The molecular formula is C15H12ClN3O3S. The van der Waals surface area contributed by atoms with Crippen LogP contribution in [0.1, 0.15) is 16.1 Å². The van der Waals surface area contributed by atoms with Gasteiger partial charge in [0.1, 0.15) is 17.7 Å². The highest BCUT2D eigenvalue weighted by Crippen LogP contribution is 2.26. The van der Waals surface area contributed by atoms with E-state index >= 15 is 0 Å². The molecule has 2 heterocycles. The Morgan fingerprint density at radius 3 is 3.09 bits per heavy atom. The van der Waals surface area contributed by atoms with Crippen LogP contribution in [0.4, 0.5) is 0 Å². The fourth-order valence-corrected chi connectivity index (χ4v) is 3.07. The highest BCUT2D eigenvalue weighted by atomic mass is 35.5. The lowest BCUT2D eigenvalue weighted by atomic mass is 10.3. The number of hydrogen-bond donors (Lipinski definition) is 0. The molecule has 6 nitrogen and oxygen atoms in total. The Bertz CT molecular complexity index is 831. The summed E-state index contributed by atoms with van der Waals surface area (Å²) in [6.45, 7) is 0. The van der Waals surface area contributed by atoms with Gasteiger partial charge in [-0.2, -0.15) is 0 Å². The number of benzene rings is 1. The molecule has 1 aromatic carbocycles. The molecule has 0 N–H and O–H groups in total. The summed E-state index contributed by atoms with van der Waals surface area (Å²) in [6.07, 6.45) is 3.07. The molecule has 0 radical (unpaired) electrons. The van der Waals surface area contributed by atoms with Gasteiger partial charge in [-0.05, 0) is 24.3 Å². The van der Waals surface area contributed by atoms with E-state index in [1.165, 1.54) is 25.1 Å². The number of carbonyl (C=O) groups is 1. The van der Waals surface area contributed by atoms with Gasteiger partial charge in [0.05, 0.1) is 24.8 Å². The van der Waals surface area contributed by atoms with Crippen LogP contribution < -0.4 is 0 Å². The Balaban J connectivity index is 1.79. The van der Waals surface area contributed by atoms with Gasteiger partial charge in [-0.1, -0.05) is 29.4 Å². The second kappa shape index (κ2) is 6.89. The number of ether oxygens (including phenoxy) is 1. The Morgan fingerprint density at radius 2 is 2.30 bits per heavy atom. The molecule has 0 fully saturated rings. The van der Waals surface area contributed by atoms with Crippen LogP contribution in [0.5, 0.6) is 0 Å². The SMILES string of the molecule is COC(=O)c1ccoc1CSc1nncn1-c1cccc(Cl)c1. The van der Waals surface area contributed by atoms with Crippen molar-refractivity contribution in [3.63, 3.8) is 0 Å². The summed E-state index contributed by atoms with van der Waals surface area (Å²) < 4.78 is 11.9. The number of furan rings is 1. The summed E-state index contributed by atoms with van der Waals surface area (Å²) in [7, 11) is 1.34. The summed E-state index contributed by atoms with van der Waals surface area (Å²) in [5, 5.41) is 9.32. The lowest BCUT2D eigenvalue weighted by Crippen LogP contribution is -2.02. The molecule has 3 aromatic rings. The topological polar surface area (TPSA) is 70.2 Å². The van der Waals surface area contributed by atoms with Gasteiger partial charge in [-0.3, -0.25) is 4.57 Å². The van der Waals surface area contributed by atoms with E-state index in [1.807, 2.05) is 22.8 Å². The van der Waals surface area contributed by atoms with Gasteiger partial charge in [0, 0.05) is 5.02 Å². The van der Waals surface area contributed by atoms with E-state index < -0.39 is 5.97 Å². The van der Waals surface area contributed by atoms with E-state index in [9.17, 15) is 4.79 Å². The number of hydrogen-bond acceptors (Lipinski definition) is 6. The Morgan fingerprint density at radius 1 is 1.43 bits per heavy atom. The summed E-state index contributed by atoms with van der Waals surface area (Å²) in [6, 6.07) is 8.97. The van der Waals surface area contributed by atoms with Gasteiger partial charge in [0.2, 0.25) is 0 Å². The summed E-state index contributed by atoms with van der Waals surface area (Å²) in [5.41, 5.74) is 1.27. The number of carbonyl (C=O) groups excluding carboxylic acids is 1. The predicted octanol–water partition coefficient (Wildman–Crippen LogP) is 3.59. The molecule has 0 amide bonds. The number of nitrogens with zero attached hydrogens (tertiary/aromatic N) is 3. The van der Waals surface area contributed by atoms with Gasteiger partial charge in [0.25, 0.3) is 0 Å². The van der Waals surface area contributed by atoms with Gasteiger partial charge in [0.15, 0.2) is 5.16 Å². The molecule has 0 aliphatic rings. The minimum atomic E-state index is -0.425. The van der Waals surface area contributed by atoms with Crippen molar-refractivity contribution in [3.05, 3.63) is 59.3 Å². The second-order valence-electron chi connectivity index (χ2n) is 4.50. The van der Waals surface area contributed by atoms with Gasteiger partial charge in [-0.25, -0.2) is 4.79 Å². The quantitative estimate of drug-likeness (QED) is 0.518. The number of thioether (sulfide) groups is 1. The van der Waals surface area contributed by atoms with Crippen molar-refractivity contribution in [2.45, 2.75) is 10.9 Å². The highest BCUT2D eigenvalue weighted by molar-refractivity contribution is 7.98.